The molecule has 2 rings (SSSR count). The van der Waals surface area contributed by atoms with Crippen molar-refractivity contribution in [3.05, 3.63) is 0 Å². The third kappa shape index (κ3) is 1.76. The summed E-state index contributed by atoms with van der Waals surface area (Å²) in [5, 5.41) is 0. The van der Waals surface area contributed by atoms with Crippen LogP contribution in [0.25, 0.3) is 0 Å². The second-order valence-electron chi connectivity index (χ2n) is 6.15. The molecule has 0 aromatic carbocycles. The first kappa shape index (κ1) is 9.51. The van der Waals surface area contributed by atoms with E-state index in [1.54, 1.807) is 0 Å². The molecule has 0 N–H and O–H groups in total. The van der Waals surface area contributed by atoms with Crippen LogP contribution in [0.4, 0.5) is 0 Å². The van der Waals surface area contributed by atoms with Gasteiger partial charge in [-0.25, -0.2) is 0 Å². The SMILES string of the molecule is CC(C)(C)C1CCCC2(COC2)C1. The molecule has 76 valence electrons. The first-order valence-corrected chi connectivity index (χ1v) is 5.60. The predicted molar refractivity (Wildman–Crippen MR) is 54.7 cm³/mol. The van der Waals surface area contributed by atoms with Gasteiger partial charge in [-0.2, -0.15) is 0 Å². The fourth-order valence-electron chi connectivity index (χ4n) is 2.84. The molecular formula is C12H22O. The van der Waals surface area contributed by atoms with Gasteiger partial charge in [-0.3, -0.25) is 0 Å². The van der Waals surface area contributed by atoms with Gasteiger partial charge >= 0.3 is 0 Å². The van der Waals surface area contributed by atoms with Gasteiger partial charge in [0, 0.05) is 5.41 Å². The molecular weight excluding hydrogens is 160 g/mol. The molecule has 1 nitrogen and oxygen atoms in total. The highest BCUT2D eigenvalue weighted by Crippen LogP contribution is 2.49. The smallest absolute Gasteiger partial charge is 0.0544 e. The molecule has 1 spiro atoms. The average molecular weight is 182 g/mol. The topological polar surface area (TPSA) is 9.23 Å². The normalized spacial score (nSPS) is 33.0. The minimum Gasteiger partial charge on any atom is -0.380 e. The van der Waals surface area contributed by atoms with Crippen molar-refractivity contribution < 1.29 is 4.74 Å². The van der Waals surface area contributed by atoms with E-state index in [9.17, 15) is 0 Å². The molecule has 1 saturated heterocycles. The molecule has 1 unspecified atom stereocenters. The molecule has 0 radical (unpaired) electrons. The standard InChI is InChI=1S/C12H22O/c1-11(2,3)10-5-4-6-12(7-10)8-13-9-12/h10H,4-9H2,1-3H3. The van der Waals surface area contributed by atoms with Gasteiger partial charge in [0.2, 0.25) is 0 Å². The summed E-state index contributed by atoms with van der Waals surface area (Å²) in [7, 11) is 0. The van der Waals surface area contributed by atoms with Crippen LogP contribution in [0.3, 0.4) is 0 Å². The van der Waals surface area contributed by atoms with Crippen LogP contribution >= 0.6 is 0 Å². The van der Waals surface area contributed by atoms with E-state index < -0.39 is 0 Å². The summed E-state index contributed by atoms with van der Waals surface area (Å²) in [5.41, 5.74) is 1.11. The van der Waals surface area contributed by atoms with E-state index in [-0.39, 0.29) is 0 Å². The first-order chi connectivity index (χ1) is 6.02. The lowest BCUT2D eigenvalue weighted by Gasteiger charge is -2.50. The maximum Gasteiger partial charge on any atom is 0.0544 e. The molecule has 0 aromatic rings. The van der Waals surface area contributed by atoms with Crippen molar-refractivity contribution in [2.45, 2.75) is 46.5 Å². The minimum absolute atomic E-state index is 0.503. The number of rotatable bonds is 0. The van der Waals surface area contributed by atoms with Crippen LogP contribution in [0.15, 0.2) is 0 Å². The van der Waals surface area contributed by atoms with Gasteiger partial charge in [-0.15, -0.1) is 0 Å². The van der Waals surface area contributed by atoms with E-state index in [4.69, 9.17) is 4.74 Å². The Hall–Kier alpha value is -0.0400. The summed E-state index contributed by atoms with van der Waals surface area (Å²) < 4.78 is 5.38. The Morgan fingerprint density at radius 2 is 1.92 bits per heavy atom. The van der Waals surface area contributed by atoms with Crippen LogP contribution in [0.5, 0.6) is 0 Å². The number of hydrogen-bond acceptors (Lipinski definition) is 1. The maximum atomic E-state index is 5.38. The van der Waals surface area contributed by atoms with Crippen molar-refractivity contribution in [3.8, 4) is 0 Å². The molecule has 1 aliphatic carbocycles. The lowest BCUT2D eigenvalue weighted by atomic mass is 9.62. The molecule has 1 heteroatoms. The number of hydrogen-bond donors (Lipinski definition) is 0. The highest BCUT2D eigenvalue weighted by molar-refractivity contribution is 4.93. The van der Waals surface area contributed by atoms with Crippen LogP contribution in [0, 0.1) is 16.7 Å². The van der Waals surface area contributed by atoms with Crippen molar-refractivity contribution in [3.63, 3.8) is 0 Å². The Morgan fingerprint density at radius 1 is 1.23 bits per heavy atom. The van der Waals surface area contributed by atoms with E-state index in [0.717, 1.165) is 19.1 Å². The molecule has 1 aliphatic heterocycles. The van der Waals surface area contributed by atoms with Crippen LogP contribution < -0.4 is 0 Å². The van der Waals surface area contributed by atoms with Gasteiger partial charge in [0.1, 0.15) is 0 Å². The molecule has 2 fully saturated rings. The van der Waals surface area contributed by atoms with Crippen molar-refractivity contribution in [2.75, 3.05) is 13.2 Å². The molecule has 1 atom stereocenters. The Kier molecular flexibility index (Phi) is 2.18. The molecule has 13 heavy (non-hydrogen) atoms. The zero-order valence-corrected chi connectivity index (χ0v) is 9.23. The van der Waals surface area contributed by atoms with Crippen molar-refractivity contribution in [1.29, 1.82) is 0 Å². The molecule has 0 bridgehead atoms. The summed E-state index contributed by atoms with van der Waals surface area (Å²) in [4.78, 5) is 0. The summed E-state index contributed by atoms with van der Waals surface area (Å²) in [6.45, 7) is 9.24. The highest BCUT2D eigenvalue weighted by Gasteiger charge is 2.44. The Labute approximate surface area is 81.9 Å². The lowest BCUT2D eigenvalue weighted by molar-refractivity contribution is -0.148. The Morgan fingerprint density at radius 3 is 2.38 bits per heavy atom. The van der Waals surface area contributed by atoms with Gasteiger partial charge in [-0.05, 0) is 30.6 Å². The number of ether oxygens (including phenoxy) is 1. The Bertz CT molecular complexity index is 186. The van der Waals surface area contributed by atoms with Gasteiger partial charge in [0.15, 0.2) is 0 Å². The Balaban J connectivity index is 2.00. The summed E-state index contributed by atoms with van der Waals surface area (Å²) in [6, 6.07) is 0. The van der Waals surface area contributed by atoms with E-state index in [1.165, 1.54) is 25.7 Å². The fourth-order valence-corrected chi connectivity index (χ4v) is 2.84. The first-order valence-electron chi connectivity index (χ1n) is 5.60. The van der Waals surface area contributed by atoms with Crippen molar-refractivity contribution in [1.82, 2.24) is 0 Å². The summed E-state index contributed by atoms with van der Waals surface area (Å²) in [5.74, 6) is 0.921. The van der Waals surface area contributed by atoms with Gasteiger partial charge in [-0.1, -0.05) is 27.2 Å². The second-order valence-corrected chi connectivity index (χ2v) is 6.15. The quantitative estimate of drug-likeness (QED) is 0.559. The second kappa shape index (κ2) is 2.98. The van der Waals surface area contributed by atoms with Gasteiger partial charge in [0.25, 0.3) is 0 Å². The fraction of sp³-hybridized carbons (Fsp3) is 1.00. The average Bonchev–Trinajstić information content (AvgIpc) is 2.00. The highest BCUT2D eigenvalue weighted by atomic mass is 16.5. The van der Waals surface area contributed by atoms with Gasteiger partial charge < -0.3 is 4.74 Å². The molecule has 2 aliphatic rings. The molecule has 1 heterocycles. The summed E-state index contributed by atoms with van der Waals surface area (Å²) in [6.07, 6.45) is 5.69. The van der Waals surface area contributed by atoms with E-state index in [2.05, 4.69) is 20.8 Å². The van der Waals surface area contributed by atoms with Crippen LogP contribution in [0.2, 0.25) is 0 Å². The monoisotopic (exact) mass is 182 g/mol. The van der Waals surface area contributed by atoms with Gasteiger partial charge in [0.05, 0.1) is 13.2 Å². The largest absolute Gasteiger partial charge is 0.380 e. The predicted octanol–water partition coefficient (Wildman–Crippen LogP) is 3.24. The zero-order valence-electron chi connectivity index (χ0n) is 9.23. The lowest BCUT2D eigenvalue weighted by Crippen LogP contribution is -2.47. The van der Waals surface area contributed by atoms with E-state index in [1.807, 2.05) is 0 Å². The van der Waals surface area contributed by atoms with Crippen molar-refractivity contribution >= 4 is 0 Å². The minimum atomic E-state index is 0.503. The third-order valence-corrected chi connectivity index (χ3v) is 3.98. The van der Waals surface area contributed by atoms with E-state index in [0.29, 0.717) is 10.8 Å². The maximum absolute atomic E-state index is 5.38. The third-order valence-electron chi connectivity index (χ3n) is 3.98. The van der Waals surface area contributed by atoms with Crippen molar-refractivity contribution in [2.24, 2.45) is 16.7 Å². The molecule has 1 saturated carbocycles. The molecule has 0 amide bonds. The molecule has 0 aromatic heterocycles. The van der Waals surface area contributed by atoms with E-state index >= 15 is 0 Å². The van der Waals surface area contributed by atoms with Crippen LogP contribution in [-0.4, -0.2) is 13.2 Å². The van der Waals surface area contributed by atoms with Crippen LogP contribution in [0.1, 0.15) is 46.5 Å². The van der Waals surface area contributed by atoms with Crippen LogP contribution in [-0.2, 0) is 4.74 Å². The zero-order chi connectivity index (χ0) is 9.53. The summed E-state index contributed by atoms with van der Waals surface area (Å²) >= 11 is 0.